The van der Waals surface area contributed by atoms with E-state index < -0.39 is 0 Å². The minimum absolute atomic E-state index is 0.213. The molecule has 0 aliphatic carbocycles. The first kappa shape index (κ1) is 14.9. The van der Waals surface area contributed by atoms with Gasteiger partial charge in [0.1, 0.15) is 11.6 Å². The standard InChI is InChI=1S/C16H17BrFNO/c1-3-20-14-6-7-16(11(2)8-14)19-10-12-4-5-13(17)9-15(12)18/h4-9,19H,3,10H2,1-2H3. The Morgan fingerprint density at radius 2 is 2.00 bits per heavy atom. The second-order valence-electron chi connectivity index (χ2n) is 4.50. The van der Waals surface area contributed by atoms with Crippen LogP contribution < -0.4 is 10.1 Å². The van der Waals surface area contributed by atoms with Gasteiger partial charge in [0.05, 0.1) is 6.61 Å². The summed E-state index contributed by atoms with van der Waals surface area (Å²) in [6, 6.07) is 10.9. The van der Waals surface area contributed by atoms with Crippen molar-refractivity contribution in [3.63, 3.8) is 0 Å². The molecule has 0 saturated heterocycles. The molecule has 2 rings (SSSR count). The Labute approximate surface area is 127 Å². The van der Waals surface area contributed by atoms with Crippen molar-refractivity contribution in [2.75, 3.05) is 11.9 Å². The Kier molecular flexibility index (Phi) is 5.01. The molecule has 0 unspecified atom stereocenters. The van der Waals surface area contributed by atoms with E-state index in [1.54, 1.807) is 6.07 Å². The Morgan fingerprint density at radius 1 is 1.20 bits per heavy atom. The summed E-state index contributed by atoms with van der Waals surface area (Å²) in [5.74, 6) is 0.640. The molecule has 2 nitrogen and oxygen atoms in total. The van der Waals surface area contributed by atoms with E-state index in [1.165, 1.54) is 6.07 Å². The van der Waals surface area contributed by atoms with E-state index in [0.717, 1.165) is 21.5 Å². The largest absolute Gasteiger partial charge is 0.494 e. The smallest absolute Gasteiger partial charge is 0.129 e. The molecule has 4 heteroatoms. The molecule has 0 aromatic heterocycles. The van der Waals surface area contributed by atoms with Gasteiger partial charge in [-0.1, -0.05) is 22.0 Å². The first-order chi connectivity index (χ1) is 9.60. The van der Waals surface area contributed by atoms with E-state index in [0.29, 0.717) is 18.7 Å². The van der Waals surface area contributed by atoms with Gasteiger partial charge in [-0.05, 0) is 49.7 Å². The van der Waals surface area contributed by atoms with Crippen LogP contribution in [0.15, 0.2) is 40.9 Å². The number of aryl methyl sites for hydroxylation is 1. The van der Waals surface area contributed by atoms with Crippen molar-refractivity contribution >= 4 is 21.6 Å². The fraction of sp³-hybridized carbons (Fsp3) is 0.250. The van der Waals surface area contributed by atoms with Crippen LogP contribution in [-0.2, 0) is 6.54 Å². The molecule has 0 fully saturated rings. The quantitative estimate of drug-likeness (QED) is 0.837. The fourth-order valence-electron chi connectivity index (χ4n) is 1.95. The van der Waals surface area contributed by atoms with Gasteiger partial charge in [0.25, 0.3) is 0 Å². The summed E-state index contributed by atoms with van der Waals surface area (Å²) in [6.07, 6.45) is 0. The summed E-state index contributed by atoms with van der Waals surface area (Å²) < 4.78 is 19.9. The van der Waals surface area contributed by atoms with Crippen LogP contribution in [0.3, 0.4) is 0 Å². The summed E-state index contributed by atoms with van der Waals surface area (Å²) in [7, 11) is 0. The number of hydrogen-bond acceptors (Lipinski definition) is 2. The van der Waals surface area contributed by atoms with Gasteiger partial charge in [-0.3, -0.25) is 0 Å². The maximum atomic E-state index is 13.7. The molecule has 2 aromatic rings. The minimum atomic E-state index is -0.213. The van der Waals surface area contributed by atoms with Gasteiger partial charge in [-0.15, -0.1) is 0 Å². The van der Waals surface area contributed by atoms with Gasteiger partial charge in [-0.25, -0.2) is 4.39 Å². The lowest BCUT2D eigenvalue weighted by Crippen LogP contribution is -2.03. The molecule has 0 bridgehead atoms. The lowest BCUT2D eigenvalue weighted by atomic mass is 10.1. The number of nitrogens with one attached hydrogen (secondary N) is 1. The SMILES string of the molecule is CCOc1ccc(NCc2ccc(Br)cc2F)c(C)c1. The van der Waals surface area contributed by atoms with Crippen LogP contribution in [0.5, 0.6) is 5.75 Å². The molecule has 0 aliphatic rings. The topological polar surface area (TPSA) is 21.3 Å². The van der Waals surface area contributed by atoms with Crippen LogP contribution in [0.2, 0.25) is 0 Å². The van der Waals surface area contributed by atoms with Crippen LogP contribution in [0.1, 0.15) is 18.1 Å². The van der Waals surface area contributed by atoms with Gasteiger partial charge >= 0.3 is 0 Å². The average Bonchev–Trinajstić information content (AvgIpc) is 2.40. The Morgan fingerprint density at radius 3 is 2.65 bits per heavy atom. The van der Waals surface area contributed by atoms with Gasteiger partial charge in [-0.2, -0.15) is 0 Å². The normalized spacial score (nSPS) is 10.4. The number of rotatable bonds is 5. The predicted octanol–water partition coefficient (Wildman–Crippen LogP) is 4.91. The van der Waals surface area contributed by atoms with Crippen molar-refractivity contribution in [2.45, 2.75) is 20.4 Å². The highest BCUT2D eigenvalue weighted by Gasteiger charge is 2.04. The molecule has 1 N–H and O–H groups in total. The van der Waals surface area contributed by atoms with Crippen molar-refractivity contribution in [1.29, 1.82) is 0 Å². The van der Waals surface area contributed by atoms with Crippen molar-refractivity contribution in [3.8, 4) is 5.75 Å². The predicted molar refractivity (Wildman–Crippen MR) is 83.8 cm³/mol. The molecule has 20 heavy (non-hydrogen) atoms. The number of benzene rings is 2. The van der Waals surface area contributed by atoms with Gasteiger partial charge in [0, 0.05) is 22.3 Å². The van der Waals surface area contributed by atoms with Crippen LogP contribution >= 0.6 is 15.9 Å². The van der Waals surface area contributed by atoms with E-state index in [-0.39, 0.29) is 5.82 Å². The molecular formula is C16H17BrFNO. The van der Waals surface area contributed by atoms with Crippen LogP contribution in [0.4, 0.5) is 10.1 Å². The molecule has 2 aromatic carbocycles. The van der Waals surface area contributed by atoms with Crippen molar-refractivity contribution in [1.82, 2.24) is 0 Å². The maximum absolute atomic E-state index is 13.7. The lowest BCUT2D eigenvalue weighted by molar-refractivity contribution is 0.340. The second-order valence-corrected chi connectivity index (χ2v) is 5.41. The zero-order chi connectivity index (χ0) is 14.5. The van der Waals surface area contributed by atoms with E-state index in [4.69, 9.17) is 4.74 Å². The average molecular weight is 338 g/mol. The summed E-state index contributed by atoms with van der Waals surface area (Å²) >= 11 is 3.25. The third-order valence-electron chi connectivity index (χ3n) is 2.99. The van der Waals surface area contributed by atoms with E-state index >= 15 is 0 Å². The monoisotopic (exact) mass is 337 g/mol. The van der Waals surface area contributed by atoms with Crippen molar-refractivity contribution in [2.24, 2.45) is 0 Å². The molecule has 0 aliphatic heterocycles. The van der Waals surface area contributed by atoms with E-state index in [2.05, 4.69) is 21.2 Å². The summed E-state index contributed by atoms with van der Waals surface area (Å²) in [6.45, 7) is 5.06. The summed E-state index contributed by atoms with van der Waals surface area (Å²) in [5, 5.41) is 3.25. The molecule has 0 saturated carbocycles. The molecule has 0 spiro atoms. The maximum Gasteiger partial charge on any atom is 0.129 e. The summed E-state index contributed by atoms with van der Waals surface area (Å²) in [5.41, 5.74) is 2.70. The minimum Gasteiger partial charge on any atom is -0.494 e. The number of halogens is 2. The fourth-order valence-corrected chi connectivity index (χ4v) is 2.28. The number of hydrogen-bond donors (Lipinski definition) is 1. The highest BCUT2D eigenvalue weighted by atomic mass is 79.9. The Balaban J connectivity index is 2.07. The van der Waals surface area contributed by atoms with Gasteiger partial charge in [0.2, 0.25) is 0 Å². The lowest BCUT2D eigenvalue weighted by Gasteiger charge is -2.12. The molecule has 106 valence electrons. The summed E-state index contributed by atoms with van der Waals surface area (Å²) in [4.78, 5) is 0. The zero-order valence-electron chi connectivity index (χ0n) is 11.5. The van der Waals surface area contributed by atoms with Crippen LogP contribution in [-0.4, -0.2) is 6.61 Å². The first-order valence-corrected chi connectivity index (χ1v) is 7.30. The number of ether oxygens (including phenoxy) is 1. The van der Waals surface area contributed by atoms with Gasteiger partial charge < -0.3 is 10.1 Å². The van der Waals surface area contributed by atoms with E-state index in [9.17, 15) is 4.39 Å². The molecule has 0 heterocycles. The number of anilines is 1. The molecule has 0 amide bonds. The van der Waals surface area contributed by atoms with E-state index in [1.807, 2.05) is 38.1 Å². The van der Waals surface area contributed by atoms with Crippen LogP contribution in [0.25, 0.3) is 0 Å². The Bertz CT molecular complexity index is 601. The zero-order valence-corrected chi connectivity index (χ0v) is 13.1. The molecule has 0 radical (unpaired) electrons. The van der Waals surface area contributed by atoms with Crippen molar-refractivity contribution < 1.29 is 9.13 Å². The third-order valence-corrected chi connectivity index (χ3v) is 3.49. The van der Waals surface area contributed by atoms with Crippen LogP contribution in [0, 0.1) is 12.7 Å². The highest BCUT2D eigenvalue weighted by Crippen LogP contribution is 2.23. The Hall–Kier alpha value is -1.55. The highest BCUT2D eigenvalue weighted by molar-refractivity contribution is 9.10. The first-order valence-electron chi connectivity index (χ1n) is 6.51. The second kappa shape index (κ2) is 6.75. The van der Waals surface area contributed by atoms with Crippen molar-refractivity contribution in [3.05, 3.63) is 57.8 Å². The van der Waals surface area contributed by atoms with Gasteiger partial charge in [0.15, 0.2) is 0 Å². The third kappa shape index (κ3) is 3.73. The molecule has 0 atom stereocenters. The molecular weight excluding hydrogens is 321 g/mol.